The molecule has 0 saturated carbocycles. The highest BCUT2D eigenvalue weighted by atomic mass is 28.2. The average Bonchev–Trinajstić information content (AvgIpc) is 3.42. The lowest BCUT2D eigenvalue weighted by Crippen LogP contribution is -2.11. The largest absolute Gasteiger partial charge is 0.494 e. The zero-order chi connectivity index (χ0) is 29.2. The van der Waals surface area contributed by atoms with Crippen LogP contribution in [0.4, 0.5) is 0 Å². The summed E-state index contributed by atoms with van der Waals surface area (Å²) in [6.07, 6.45) is 3.53. The Labute approximate surface area is 239 Å². The summed E-state index contributed by atoms with van der Waals surface area (Å²) in [5.41, 5.74) is 5.53. The number of aromatic nitrogens is 4. The minimum absolute atomic E-state index is 0.135. The molecule has 1 aromatic carbocycles. The van der Waals surface area contributed by atoms with Gasteiger partial charge in [-0.3, -0.25) is 0 Å². The Balaban J connectivity index is 1.88. The molecule has 0 aliphatic carbocycles. The molecule has 9 heteroatoms. The number of esters is 1. The van der Waals surface area contributed by atoms with E-state index >= 15 is 0 Å². The third kappa shape index (κ3) is 6.19. The molecule has 4 aromatic rings. The number of benzene rings is 1. The molecular weight excluding hydrogens is 518 g/mol. The van der Waals surface area contributed by atoms with Gasteiger partial charge in [0.1, 0.15) is 16.9 Å². The number of hydrogen-bond donors (Lipinski definition) is 0. The maximum Gasteiger partial charge on any atom is 0.338 e. The number of methoxy groups -OCH3 is 1. The molecule has 0 aliphatic rings. The Kier molecular flexibility index (Phi) is 8.63. The second-order valence-corrected chi connectivity index (χ2v) is 13.2. The van der Waals surface area contributed by atoms with E-state index in [1.165, 1.54) is 0 Å². The van der Waals surface area contributed by atoms with Crippen LogP contribution in [0.1, 0.15) is 70.4 Å². The van der Waals surface area contributed by atoms with E-state index in [0.717, 1.165) is 58.9 Å². The molecule has 4 rings (SSSR count). The summed E-state index contributed by atoms with van der Waals surface area (Å²) in [7, 11) is 4.03. The van der Waals surface area contributed by atoms with Gasteiger partial charge in [0.05, 0.1) is 35.7 Å². The fraction of sp³-hybridized carbons (Fsp3) is 0.419. The van der Waals surface area contributed by atoms with Gasteiger partial charge in [-0.05, 0) is 69.0 Å². The minimum atomic E-state index is -0.401. The predicted octanol–water partition coefficient (Wildman–Crippen LogP) is 6.78. The number of imidazole rings is 1. The SMILES string of the molecule is C=CCCCn1c(-c2nc3cc(C(=O)OC(C)C)cc(OC)c3n2C)cc2ccc(C(C)=N[Si]C(C)(C)C)nc21. The van der Waals surface area contributed by atoms with E-state index in [-0.39, 0.29) is 11.1 Å². The number of allylic oxidation sites excluding steroid dienone is 1. The van der Waals surface area contributed by atoms with Crippen molar-refractivity contribution in [2.75, 3.05) is 7.11 Å². The van der Waals surface area contributed by atoms with Crippen molar-refractivity contribution in [2.45, 2.75) is 72.1 Å². The first kappa shape index (κ1) is 29.3. The van der Waals surface area contributed by atoms with Crippen LogP contribution in [0.15, 0.2) is 47.6 Å². The summed E-state index contributed by atoms with van der Waals surface area (Å²) >= 11 is 0. The van der Waals surface area contributed by atoms with Gasteiger partial charge in [-0.1, -0.05) is 26.8 Å². The summed E-state index contributed by atoms with van der Waals surface area (Å²) in [4.78, 5) is 22.8. The molecule has 8 nitrogen and oxygen atoms in total. The van der Waals surface area contributed by atoms with Crippen LogP contribution in [-0.2, 0) is 18.3 Å². The van der Waals surface area contributed by atoms with Crippen LogP contribution >= 0.6 is 0 Å². The monoisotopic (exact) mass is 557 g/mol. The maximum absolute atomic E-state index is 12.7. The fourth-order valence-corrected chi connectivity index (χ4v) is 5.16. The third-order valence-electron chi connectivity index (χ3n) is 6.43. The number of carbonyl (C=O) groups is 1. The normalized spacial score (nSPS) is 12.5. The molecule has 0 amide bonds. The van der Waals surface area contributed by atoms with Gasteiger partial charge in [-0.25, -0.2) is 14.8 Å². The first-order valence-electron chi connectivity index (χ1n) is 13.6. The Morgan fingerprint density at radius 1 is 1.20 bits per heavy atom. The highest BCUT2D eigenvalue weighted by Gasteiger charge is 2.22. The van der Waals surface area contributed by atoms with Gasteiger partial charge in [0, 0.05) is 24.7 Å². The molecule has 0 atom stereocenters. The highest BCUT2D eigenvalue weighted by Crippen LogP contribution is 2.34. The minimum Gasteiger partial charge on any atom is -0.494 e. The summed E-state index contributed by atoms with van der Waals surface area (Å²) in [5.74, 6) is 0.929. The standard InChI is InChI=1S/C31H39N5O3Si/c1-10-11-12-15-36-25(17-21-13-14-23(32-28(21)36)20(4)34-40-31(5,6)7)29-33-24-16-22(30(37)39-19(2)3)18-26(38-9)27(24)35(29)8/h10,13-14,16-19H,1,11-12,15H2,2-9H3. The number of hydrogen-bond acceptors (Lipinski definition) is 6. The number of pyridine rings is 1. The quantitative estimate of drug-likeness (QED) is 0.0706. The lowest BCUT2D eigenvalue weighted by Gasteiger charge is -2.13. The van der Waals surface area contributed by atoms with E-state index in [1.54, 1.807) is 19.2 Å². The van der Waals surface area contributed by atoms with Crippen LogP contribution in [-0.4, -0.2) is 53.7 Å². The molecule has 0 saturated heterocycles. The number of ether oxygens (including phenoxy) is 2. The Bertz CT molecular complexity index is 1590. The summed E-state index contributed by atoms with van der Waals surface area (Å²) in [6, 6.07) is 9.75. The van der Waals surface area contributed by atoms with Gasteiger partial charge in [-0.2, -0.15) is 0 Å². The van der Waals surface area contributed by atoms with Gasteiger partial charge in [-0.15, -0.1) is 6.58 Å². The van der Waals surface area contributed by atoms with E-state index < -0.39 is 5.97 Å². The molecule has 0 unspecified atom stereocenters. The maximum atomic E-state index is 12.7. The molecule has 0 N–H and O–H groups in total. The topological polar surface area (TPSA) is 83.5 Å². The number of rotatable bonds is 10. The Hall–Kier alpha value is -3.72. The molecule has 0 fully saturated rings. The van der Waals surface area contributed by atoms with Gasteiger partial charge >= 0.3 is 5.97 Å². The van der Waals surface area contributed by atoms with Crippen molar-refractivity contribution >= 4 is 43.4 Å². The average molecular weight is 558 g/mol. The Morgan fingerprint density at radius 3 is 2.60 bits per heavy atom. The predicted molar refractivity (Wildman–Crippen MR) is 164 cm³/mol. The van der Waals surface area contributed by atoms with Crippen molar-refractivity contribution in [1.29, 1.82) is 0 Å². The van der Waals surface area contributed by atoms with Crippen molar-refractivity contribution in [3.05, 3.63) is 54.2 Å². The van der Waals surface area contributed by atoms with Crippen molar-refractivity contribution < 1.29 is 14.3 Å². The second-order valence-electron chi connectivity index (χ2n) is 11.3. The van der Waals surface area contributed by atoms with Crippen molar-refractivity contribution in [3.63, 3.8) is 0 Å². The zero-order valence-corrected chi connectivity index (χ0v) is 25.8. The molecule has 40 heavy (non-hydrogen) atoms. The molecule has 3 aromatic heterocycles. The van der Waals surface area contributed by atoms with Crippen LogP contribution in [0.3, 0.4) is 0 Å². The smallest absolute Gasteiger partial charge is 0.338 e. The van der Waals surface area contributed by atoms with E-state index in [4.69, 9.17) is 24.1 Å². The van der Waals surface area contributed by atoms with Crippen LogP contribution in [0.5, 0.6) is 5.75 Å². The van der Waals surface area contributed by atoms with Crippen LogP contribution < -0.4 is 4.74 Å². The molecule has 210 valence electrons. The van der Waals surface area contributed by atoms with Gasteiger partial charge < -0.3 is 23.3 Å². The number of nitrogens with zero attached hydrogens (tertiary/aromatic N) is 5. The van der Waals surface area contributed by atoms with E-state index in [0.29, 0.717) is 26.5 Å². The molecule has 0 spiro atoms. The lowest BCUT2D eigenvalue weighted by molar-refractivity contribution is 0.0377. The lowest BCUT2D eigenvalue weighted by atomic mass is 10.2. The molecular formula is C31H39N5O3Si. The van der Waals surface area contributed by atoms with Crippen molar-refractivity contribution in [1.82, 2.24) is 19.1 Å². The van der Waals surface area contributed by atoms with Crippen LogP contribution in [0.2, 0.25) is 5.04 Å². The van der Waals surface area contributed by atoms with Gasteiger partial charge in [0.2, 0.25) is 9.68 Å². The second kappa shape index (κ2) is 11.8. The summed E-state index contributed by atoms with van der Waals surface area (Å²) < 4.78 is 20.2. The van der Waals surface area contributed by atoms with Gasteiger partial charge in [0.25, 0.3) is 0 Å². The molecule has 0 bridgehead atoms. The highest BCUT2D eigenvalue weighted by molar-refractivity contribution is 6.40. The van der Waals surface area contributed by atoms with Crippen LogP contribution in [0, 0.1) is 0 Å². The number of unbranched alkanes of at least 4 members (excludes halogenated alkanes) is 1. The van der Waals surface area contributed by atoms with E-state index in [1.807, 2.05) is 44.5 Å². The van der Waals surface area contributed by atoms with E-state index in [9.17, 15) is 4.79 Å². The van der Waals surface area contributed by atoms with Crippen molar-refractivity contribution in [3.8, 4) is 17.3 Å². The van der Waals surface area contributed by atoms with Gasteiger partial charge in [0.15, 0.2) is 5.82 Å². The van der Waals surface area contributed by atoms with E-state index in [2.05, 4.69) is 44.0 Å². The first-order valence-corrected chi connectivity index (χ1v) is 14.6. The number of carbonyl (C=O) groups excluding carboxylic acids is 1. The Morgan fingerprint density at radius 2 is 1.95 bits per heavy atom. The summed E-state index contributed by atoms with van der Waals surface area (Å²) in [5, 5.41) is 1.17. The number of fused-ring (bicyclic) bond motifs is 2. The first-order chi connectivity index (χ1) is 18.9. The molecule has 2 radical (unpaired) electrons. The fourth-order valence-electron chi connectivity index (χ4n) is 4.54. The summed E-state index contributed by atoms with van der Waals surface area (Å²) in [6.45, 7) is 16.9. The number of aryl methyl sites for hydroxylation is 2. The zero-order valence-electron chi connectivity index (χ0n) is 24.8. The van der Waals surface area contributed by atoms with Crippen molar-refractivity contribution in [2.24, 2.45) is 11.7 Å². The van der Waals surface area contributed by atoms with Crippen LogP contribution in [0.25, 0.3) is 33.6 Å². The molecule has 3 heterocycles. The molecule has 0 aliphatic heterocycles. The third-order valence-corrected chi connectivity index (χ3v) is 7.54.